The molecule has 5 rings (SSSR count). The van der Waals surface area contributed by atoms with Crippen molar-refractivity contribution >= 4 is 23.6 Å². The molecular weight excluding hydrogens is 394 g/mol. The van der Waals surface area contributed by atoms with Gasteiger partial charge in [0.25, 0.3) is 17.7 Å². The van der Waals surface area contributed by atoms with Crippen LogP contribution >= 0.6 is 0 Å². The van der Waals surface area contributed by atoms with E-state index in [1.54, 1.807) is 24.3 Å². The molecule has 158 valence electrons. The van der Waals surface area contributed by atoms with Crippen molar-refractivity contribution in [2.75, 3.05) is 19.6 Å². The molecule has 1 aliphatic carbocycles. The molecule has 2 aromatic rings. The van der Waals surface area contributed by atoms with Gasteiger partial charge >= 0.3 is 0 Å². The molecule has 0 unspecified atom stereocenters. The first-order valence-corrected chi connectivity index (χ1v) is 10.7. The van der Waals surface area contributed by atoms with E-state index >= 15 is 0 Å². The lowest BCUT2D eigenvalue weighted by atomic mass is 10.0. The van der Waals surface area contributed by atoms with Gasteiger partial charge in [-0.15, -0.1) is 0 Å². The number of carbonyl (C=O) groups excluding carboxylic acids is 4. The van der Waals surface area contributed by atoms with Crippen molar-refractivity contribution in [2.24, 2.45) is 5.92 Å². The number of nitrogens with zero attached hydrogens (tertiary/aromatic N) is 3. The minimum absolute atomic E-state index is 0.0778. The lowest BCUT2D eigenvalue weighted by Crippen LogP contribution is -2.49. The number of hydrogen-bond donors (Lipinski definition) is 0. The molecule has 0 aromatic heterocycles. The summed E-state index contributed by atoms with van der Waals surface area (Å²) in [6, 6.07) is 14.8. The summed E-state index contributed by atoms with van der Waals surface area (Å²) in [6.45, 7) is 0.538. The molecule has 3 aliphatic rings. The molecule has 4 amide bonds. The number of hydrazine groups is 1. The van der Waals surface area contributed by atoms with Crippen LogP contribution in [0.1, 0.15) is 44.7 Å². The summed E-state index contributed by atoms with van der Waals surface area (Å²) < 4.78 is 0. The molecule has 7 nitrogen and oxygen atoms in total. The van der Waals surface area contributed by atoms with Crippen LogP contribution in [0.4, 0.5) is 0 Å². The Morgan fingerprint density at radius 3 is 1.87 bits per heavy atom. The van der Waals surface area contributed by atoms with Gasteiger partial charge in [-0.3, -0.25) is 29.1 Å². The van der Waals surface area contributed by atoms with Crippen LogP contribution in [-0.4, -0.2) is 58.2 Å². The van der Waals surface area contributed by atoms with E-state index in [2.05, 4.69) is 12.1 Å². The molecule has 0 bridgehead atoms. The van der Waals surface area contributed by atoms with E-state index in [0.717, 1.165) is 17.7 Å². The summed E-state index contributed by atoms with van der Waals surface area (Å²) in [7, 11) is 0. The van der Waals surface area contributed by atoms with Crippen molar-refractivity contribution in [1.29, 1.82) is 0 Å². The highest BCUT2D eigenvalue weighted by atomic mass is 16.2. The summed E-state index contributed by atoms with van der Waals surface area (Å²) in [4.78, 5) is 52.1. The molecule has 1 saturated heterocycles. The third-order valence-corrected chi connectivity index (χ3v) is 6.38. The minimum Gasteiger partial charge on any atom is -0.273 e. The third kappa shape index (κ3) is 3.40. The fourth-order valence-corrected chi connectivity index (χ4v) is 4.88. The SMILES string of the molecule is O=C1c2ccccc2C(=O)N1CC(=O)N1CCCN1C(=O)CC1Cc2ccccc2C1. The van der Waals surface area contributed by atoms with Crippen molar-refractivity contribution in [3.05, 3.63) is 70.8 Å². The maximum absolute atomic E-state index is 13.0. The van der Waals surface area contributed by atoms with Gasteiger partial charge in [-0.2, -0.15) is 0 Å². The summed E-state index contributed by atoms with van der Waals surface area (Å²) in [6.07, 6.45) is 2.81. The highest BCUT2D eigenvalue weighted by Gasteiger charge is 2.39. The number of imide groups is 1. The van der Waals surface area contributed by atoms with E-state index in [-0.39, 0.29) is 18.4 Å². The summed E-state index contributed by atoms with van der Waals surface area (Å²) in [5, 5.41) is 2.91. The fraction of sp³-hybridized carbons (Fsp3) is 0.333. The standard InChI is InChI=1S/C24H23N3O4/c28-21(14-16-12-17-6-1-2-7-18(17)13-16)26-10-5-11-27(26)22(29)15-25-23(30)19-8-3-4-9-20(19)24(25)31/h1-4,6-9,16H,5,10-15H2. The Balaban J connectivity index is 1.23. The number of amides is 4. The third-order valence-electron chi connectivity index (χ3n) is 6.38. The Hall–Kier alpha value is -3.48. The average molecular weight is 417 g/mol. The van der Waals surface area contributed by atoms with E-state index in [9.17, 15) is 19.2 Å². The monoisotopic (exact) mass is 417 g/mol. The molecule has 0 atom stereocenters. The van der Waals surface area contributed by atoms with Gasteiger partial charge in [0.2, 0.25) is 5.91 Å². The van der Waals surface area contributed by atoms with Crippen LogP contribution in [0.3, 0.4) is 0 Å². The zero-order valence-electron chi connectivity index (χ0n) is 17.1. The van der Waals surface area contributed by atoms with Crippen molar-refractivity contribution < 1.29 is 19.2 Å². The number of hydrogen-bond acceptors (Lipinski definition) is 4. The first-order valence-electron chi connectivity index (χ1n) is 10.7. The van der Waals surface area contributed by atoms with Gasteiger partial charge < -0.3 is 0 Å². The van der Waals surface area contributed by atoms with Gasteiger partial charge in [0.15, 0.2) is 0 Å². The Morgan fingerprint density at radius 2 is 1.29 bits per heavy atom. The lowest BCUT2D eigenvalue weighted by molar-refractivity contribution is -0.158. The Bertz CT molecular complexity index is 1040. The zero-order chi connectivity index (χ0) is 21.5. The largest absolute Gasteiger partial charge is 0.273 e. The molecule has 2 aliphatic heterocycles. The second-order valence-corrected chi connectivity index (χ2v) is 8.38. The number of fused-ring (bicyclic) bond motifs is 2. The maximum atomic E-state index is 13.0. The highest BCUT2D eigenvalue weighted by Crippen LogP contribution is 2.30. The van der Waals surface area contributed by atoms with E-state index in [1.165, 1.54) is 21.1 Å². The van der Waals surface area contributed by atoms with E-state index < -0.39 is 17.7 Å². The van der Waals surface area contributed by atoms with Gasteiger partial charge in [-0.1, -0.05) is 36.4 Å². The molecular formula is C24H23N3O4. The molecule has 0 N–H and O–H groups in total. The molecule has 2 heterocycles. The van der Waals surface area contributed by atoms with Gasteiger partial charge in [0, 0.05) is 19.5 Å². The number of carbonyl (C=O) groups is 4. The smallest absolute Gasteiger partial charge is 0.262 e. The Kier molecular flexibility index (Phi) is 4.81. The van der Waals surface area contributed by atoms with Gasteiger partial charge in [0.05, 0.1) is 11.1 Å². The summed E-state index contributed by atoms with van der Waals surface area (Å²) in [5.74, 6) is -1.18. The van der Waals surface area contributed by atoms with Crippen molar-refractivity contribution in [3.63, 3.8) is 0 Å². The number of rotatable bonds is 4. The second-order valence-electron chi connectivity index (χ2n) is 8.38. The first-order chi connectivity index (χ1) is 15.0. The lowest BCUT2D eigenvalue weighted by Gasteiger charge is -2.30. The van der Waals surface area contributed by atoms with Gasteiger partial charge in [0.1, 0.15) is 6.54 Å². The predicted octanol–water partition coefficient (Wildman–Crippen LogP) is 2.06. The van der Waals surface area contributed by atoms with Crippen LogP contribution in [0.5, 0.6) is 0 Å². The Morgan fingerprint density at radius 1 is 0.774 bits per heavy atom. The molecule has 0 spiro atoms. The topological polar surface area (TPSA) is 78.0 Å². The molecule has 31 heavy (non-hydrogen) atoms. The minimum atomic E-state index is -0.463. The van der Waals surface area contributed by atoms with E-state index in [1.807, 2.05) is 12.1 Å². The normalized spacial score (nSPS) is 18.0. The van der Waals surface area contributed by atoms with Crippen LogP contribution in [-0.2, 0) is 22.4 Å². The first kappa shape index (κ1) is 19.5. The van der Waals surface area contributed by atoms with Gasteiger partial charge in [-0.25, -0.2) is 5.01 Å². The van der Waals surface area contributed by atoms with E-state index in [4.69, 9.17) is 0 Å². The number of benzene rings is 2. The fourth-order valence-electron chi connectivity index (χ4n) is 4.88. The van der Waals surface area contributed by atoms with Crippen LogP contribution in [0.25, 0.3) is 0 Å². The summed E-state index contributed by atoms with van der Waals surface area (Å²) >= 11 is 0. The molecule has 2 aromatic carbocycles. The van der Waals surface area contributed by atoms with Crippen LogP contribution in [0.15, 0.2) is 48.5 Å². The Labute approximate surface area is 180 Å². The highest BCUT2D eigenvalue weighted by molar-refractivity contribution is 6.22. The second kappa shape index (κ2) is 7.65. The maximum Gasteiger partial charge on any atom is 0.262 e. The molecule has 0 radical (unpaired) electrons. The van der Waals surface area contributed by atoms with Gasteiger partial charge in [-0.05, 0) is 48.4 Å². The molecule has 7 heteroatoms. The van der Waals surface area contributed by atoms with Crippen LogP contribution < -0.4 is 0 Å². The quantitative estimate of drug-likeness (QED) is 0.714. The zero-order valence-corrected chi connectivity index (χ0v) is 17.1. The molecule has 0 saturated carbocycles. The predicted molar refractivity (Wildman–Crippen MR) is 112 cm³/mol. The summed E-state index contributed by atoms with van der Waals surface area (Å²) in [5.41, 5.74) is 3.21. The van der Waals surface area contributed by atoms with Crippen molar-refractivity contribution in [3.8, 4) is 0 Å². The van der Waals surface area contributed by atoms with Crippen molar-refractivity contribution in [2.45, 2.75) is 25.7 Å². The molecule has 1 fully saturated rings. The van der Waals surface area contributed by atoms with Crippen LogP contribution in [0.2, 0.25) is 0 Å². The van der Waals surface area contributed by atoms with E-state index in [0.29, 0.717) is 37.1 Å². The van der Waals surface area contributed by atoms with Crippen LogP contribution in [0, 0.1) is 5.92 Å². The average Bonchev–Trinajstić information content (AvgIpc) is 3.47. The van der Waals surface area contributed by atoms with Crippen molar-refractivity contribution in [1.82, 2.24) is 14.9 Å².